The van der Waals surface area contributed by atoms with Crippen LogP contribution in [0.1, 0.15) is 112 Å². The number of carbonyl (C=O) groups is 2. The molecular formula is C34H51N5O6. The van der Waals surface area contributed by atoms with Crippen LogP contribution in [-0.4, -0.2) is 92.0 Å². The molecule has 3 heterocycles. The zero-order valence-electron chi connectivity index (χ0n) is 28.1. The number of aromatic nitrogens is 2. The van der Waals surface area contributed by atoms with E-state index in [0.717, 1.165) is 32.2 Å². The van der Waals surface area contributed by atoms with Crippen molar-refractivity contribution in [3.8, 4) is 11.8 Å². The van der Waals surface area contributed by atoms with Gasteiger partial charge in [-0.2, -0.15) is 9.97 Å². The van der Waals surface area contributed by atoms with Crippen molar-refractivity contribution in [2.45, 2.75) is 135 Å². The monoisotopic (exact) mass is 625 g/mol. The van der Waals surface area contributed by atoms with Crippen molar-refractivity contribution in [2.24, 2.45) is 5.41 Å². The highest BCUT2D eigenvalue weighted by Crippen LogP contribution is 2.48. The Bertz CT molecular complexity index is 1350. The molecule has 45 heavy (non-hydrogen) atoms. The maximum absolute atomic E-state index is 13.1. The summed E-state index contributed by atoms with van der Waals surface area (Å²) in [5.74, 6) is 0.669. The van der Waals surface area contributed by atoms with Gasteiger partial charge >= 0.3 is 6.09 Å². The highest BCUT2D eigenvalue weighted by molar-refractivity contribution is 6.09. The zero-order chi connectivity index (χ0) is 32.7. The molecule has 248 valence electrons. The van der Waals surface area contributed by atoms with Crippen LogP contribution in [0.2, 0.25) is 0 Å². The first-order valence-electron chi connectivity index (χ1n) is 16.6. The lowest BCUT2D eigenvalue weighted by Gasteiger charge is -2.39. The third-order valence-electron chi connectivity index (χ3n) is 9.94. The van der Waals surface area contributed by atoms with E-state index in [4.69, 9.17) is 14.2 Å². The molecule has 1 aromatic heterocycles. The van der Waals surface area contributed by atoms with Gasteiger partial charge in [-0.15, -0.1) is 0 Å². The lowest BCUT2D eigenvalue weighted by atomic mass is 9.64. The van der Waals surface area contributed by atoms with E-state index in [2.05, 4.69) is 21.9 Å². The largest absolute Gasteiger partial charge is 0.511 e. The van der Waals surface area contributed by atoms with E-state index < -0.39 is 22.6 Å². The molecule has 2 aliphatic heterocycles. The fourth-order valence-electron chi connectivity index (χ4n) is 7.58. The Morgan fingerprint density at radius 3 is 2.49 bits per heavy atom. The summed E-state index contributed by atoms with van der Waals surface area (Å²) < 4.78 is 18.4. The smallest absolute Gasteiger partial charge is 0.410 e. The van der Waals surface area contributed by atoms with Gasteiger partial charge in [0, 0.05) is 30.0 Å². The summed E-state index contributed by atoms with van der Waals surface area (Å²) in [5.41, 5.74) is -1.64. The molecule has 2 saturated heterocycles. The van der Waals surface area contributed by atoms with Crippen molar-refractivity contribution in [1.82, 2.24) is 19.8 Å². The van der Waals surface area contributed by atoms with E-state index in [0.29, 0.717) is 50.6 Å². The molecule has 2 N–H and O–H groups in total. The van der Waals surface area contributed by atoms with Crippen LogP contribution in [0.25, 0.3) is 0 Å². The maximum atomic E-state index is 13.1. The van der Waals surface area contributed by atoms with Crippen LogP contribution in [0.3, 0.4) is 0 Å². The molecule has 1 unspecified atom stereocenters. The van der Waals surface area contributed by atoms with E-state index in [1.807, 2.05) is 41.5 Å². The zero-order valence-corrected chi connectivity index (χ0v) is 28.1. The minimum Gasteiger partial charge on any atom is -0.511 e. The van der Waals surface area contributed by atoms with E-state index in [1.54, 1.807) is 11.0 Å². The molecule has 4 atom stereocenters. The molecule has 0 aromatic carbocycles. The fraction of sp³-hybridized carbons (Fsp3) is 0.735. The molecule has 1 aromatic rings. The lowest BCUT2D eigenvalue weighted by molar-refractivity contribution is -0.131. The quantitative estimate of drug-likeness (QED) is 0.350. The van der Waals surface area contributed by atoms with Crippen LogP contribution < -0.4 is 9.47 Å². The molecule has 4 aliphatic rings. The average Bonchev–Trinajstić information content (AvgIpc) is 3.51. The topological polar surface area (TPSA) is 138 Å². The van der Waals surface area contributed by atoms with E-state index in [9.17, 15) is 20.1 Å². The summed E-state index contributed by atoms with van der Waals surface area (Å²) in [6.07, 6.45) is 6.27. The first kappa shape index (κ1) is 33.2. The molecule has 5 rings (SSSR count). The van der Waals surface area contributed by atoms with Gasteiger partial charge in [0.15, 0.2) is 5.82 Å². The number of likely N-dealkylation sites (tertiary alicyclic amines) is 2. The van der Waals surface area contributed by atoms with Gasteiger partial charge in [-0.25, -0.2) is 4.79 Å². The van der Waals surface area contributed by atoms with Crippen molar-refractivity contribution in [2.75, 3.05) is 20.1 Å². The predicted octanol–water partition coefficient (Wildman–Crippen LogP) is 6.00. The Balaban J connectivity index is 1.44. The van der Waals surface area contributed by atoms with Gasteiger partial charge in [-0.1, -0.05) is 6.42 Å². The Hall–Kier alpha value is -3.21. The molecule has 1 saturated carbocycles. The van der Waals surface area contributed by atoms with Crippen molar-refractivity contribution in [1.29, 1.82) is 5.41 Å². The minimum atomic E-state index is -0.909. The van der Waals surface area contributed by atoms with Crippen molar-refractivity contribution < 1.29 is 28.9 Å². The van der Waals surface area contributed by atoms with Gasteiger partial charge < -0.3 is 19.3 Å². The van der Waals surface area contributed by atoms with Crippen LogP contribution in [-0.2, 0) is 9.53 Å². The normalized spacial score (nSPS) is 28.0. The number of rotatable bonds is 7. The number of likely N-dealkylation sites (N-methyl/N-ethyl adjacent to an activating group) is 1. The van der Waals surface area contributed by atoms with Gasteiger partial charge in [-0.05, 0) is 100 Å². The van der Waals surface area contributed by atoms with E-state index >= 15 is 0 Å². The number of allylic oxidation sites excluding steroid dienone is 2. The molecule has 1 spiro atoms. The van der Waals surface area contributed by atoms with Gasteiger partial charge in [0.1, 0.15) is 35.1 Å². The average molecular weight is 626 g/mol. The minimum absolute atomic E-state index is 0.00679. The summed E-state index contributed by atoms with van der Waals surface area (Å²) in [6.45, 7) is 12.8. The summed E-state index contributed by atoms with van der Waals surface area (Å²) in [7, 11) is 2.09. The Labute approximate surface area is 267 Å². The molecule has 1 amide bonds. The molecule has 11 heteroatoms. The molecule has 0 radical (unpaired) electrons. The first-order chi connectivity index (χ1) is 21.1. The van der Waals surface area contributed by atoms with Crippen LogP contribution in [0, 0.1) is 10.8 Å². The number of nitrogens with zero attached hydrogens (tertiary/aromatic N) is 4. The number of carbonyl (C=O) groups excluding carboxylic acids is 2. The number of nitrogens with one attached hydrogen (secondary N) is 1. The number of hydrogen-bond donors (Lipinski definition) is 2. The molecule has 0 bridgehead atoms. The summed E-state index contributed by atoms with van der Waals surface area (Å²) in [6, 6.07) is 1.87. The SMILES string of the molecule is C[C@H](Oc1cc(OC2CN(C(=O)OC(C)(C)C)C(C)(C)C2)nc(C(=N)C2=C(O)[C@]3(CCCCC3=O)CCC2)n1)[C@@H]1CCCN1C. The Morgan fingerprint density at radius 2 is 1.82 bits per heavy atom. The fourth-order valence-corrected chi connectivity index (χ4v) is 7.58. The third-order valence-corrected chi connectivity index (χ3v) is 9.94. The number of Topliss-reactive ketones (excluding diaryl/α,β-unsaturated/α-hetero) is 1. The second-order valence-corrected chi connectivity index (χ2v) is 15.0. The standard InChI is InChI=1S/C34H51N5O6/c1-21(24-13-11-17-38(24)7)43-26-18-27(44-22-19-33(5,6)39(20-22)31(42)45-32(2,3)4)37-30(36-26)28(35)23-12-10-16-34(29(23)41)15-9-8-14-25(34)40/h18,21-22,24,35,41H,8-17,19-20H2,1-7H3/t21-,22?,24-,34+/m0/s1. The highest BCUT2D eigenvalue weighted by atomic mass is 16.6. The third kappa shape index (κ3) is 6.98. The van der Waals surface area contributed by atoms with Gasteiger partial charge in [0.05, 0.1) is 18.0 Å². The first-order valence-corrected chi connectivity index (χ1v) is 16.6. The van der Waals surface area contributed by atoms with Crippen LogP contribution in [0.5, 0.6) is 11.8 Å². The summed E-state index contributed by atoms with van der Waals surface area (Å²) >= 11 is 0. The number of ether oxygens (including phenoxy) is 3. The molecule has 2 aliphatic carbocycles. The Kier molecular flexibility index (Phi) is 9.23. The molecular weight excluding hydrogens is 574 g/mol. The van der Waals surface area contributed by atoms with Crippen molar-refractivity contribution >= 4 is 17.6 Å². The van der Waals surface area contributed by atoms with E-state index in [-0.39, 0.29) is 53.1 Å². The highest BCUT2D eigenvalue weighted by Gasteiger charge is 2.47. The van der Waals surface area contributed by atoms with Gasteiger partial charge in [-0.3, -0.25) is 20.0 Å². The predicted molar refractivity (Wildman–Crippen MR) is 170 cm³/mol. The number of aliphatic hydroxyl groups is 1. The van der Waals surface area contributed by atoms with E-state index in [1.165, 1.54) is 0 Å². The number of amides is 1. The van der Waals surface area contributed by atoms with Crippen LogP contribution >= 0.6 is 0 Å². The maximum Gasteiger partial charge on any atom is 0.410 e. The molecule has 11 nitrogen and oxygen atoms in total. The van der Waals surface area contributed by atoms with Crippen molar-refractivity contribution in [3.05, 3.63) is 23.2 Å². The van der Waals surface area contributed by atoms with Gasteiger partial charge in [0.25, 0.3) is 0 Å². The summed E-state index contributed by atoms with van der Waals surface area (Å²) in [5, 5.41) is 20.7. The van der Waals surface area contributed by atoms with Gasteiger partial charge in [0.2, 0.25) is 11.8 Å². The number of aliphatic hydroxyl groups excluding tert-OH is 1. The van der Waals surface area contributed by atoms with Crippen molar-refractivity contribution in [3.63, 3.8) is 0 Å². The lowest BCUT2D eigenvalue weighted by Crippen LogP contribution is -2.45. The Morgan fingerprint density at radius 1 is 1.11 bits per heavy atom. The number of ketones is 1. The summed E-state index contributed by atoms with van der Waals surface area (Å²) in [4.78, 5) is 39.4. The second kappa shape index (κ2) is 12.5. The van der Waals surface area contributed by atoms with Crippen LogP contribution in [0.15, 0.2) is 17.4 Å². The number of hydrogen-bond acceptors (Lipinski definition) is 10. The van der Waals surface area contributed by atoms with Crippen LogP contribution in [0.4, 0.5) is 4.79 Å². The molecule has 3 fully saturated rings. The second-order valence-electron chi connectivity index (χ2n) is 15.0.